The molecule has 5 rings (SSSR count). The van der Waals surface area contributed by atoms with Crippen LogP contribution in [0.4, 0.5) is 0 Å². The molecule has 0 N–H and O–H groups in total. The van der Waals surface area contributed by atoms with Crippen molar-refractivity contribution < 1.29 is 9.53 Å². The van der Waals surface area contributed by atoms with Crippen LogP contribution in [0.2, 0.25) is 0 Å². The molecule has 0 fully saturated rings. The first-order valence-electron chi connectivity index (χ1n) is 7.17. The summed E-state index contributed by atoms with van der Waals surface area (Å²) in [5, 5.41) is 8.27. The second-order valence-electron chi connectivity index (χ2n) is 5.16. The van der Waals surface area contributed by atoms with Crippen molar-refractivity contribution in [3.8, 4) is 0 Å². The molecular weight excluding hydrogens is 364 g/mol. The third-order valence-electron chi connectivity index (χ3n) is 3.89. The molecule has 1 aromatic carbocycles. The molecule has 0 unspecified atom stereocenters. The minimum atomic E-state index is -0.216. The van der Waals surface area contributed by atoms with E-state index in [1.165, 1.54) is 39.7 Å². The average Bonchev–Trinajstić information content (AvgIpc) is 3.27. The van der Waals surface area contributed by atoms with Gasteiger partial charge in [0.2, 0.25) is 0 Å². The Balaban J connectivity index is 1.93. The van der Waals surface area contributed by atoms with Crippen LogP contribution in [0.3, 0.4) is 0 Å². The van der Waals surface area contributed by atoms with Crippen molar-refractivity contribution in [2.75, 3.05) is 6.61 Å². The Morgan fingerprint density at radius 3 is 2.52 bits per heavy atom. The summed E-state index contributed by atoms with van der Waals surface area (Å²) in [6.07, 6.45) is 0. The largest absolute Gasteiger partial charge is 0.462 e. The molecule has 0 spiro atoms. The van der Waals surface area contributed by atoms with E-state index in [1.807, 2.05) is 24.3 Å². The number of hydrogen-bond donors (Lipinski definition) is 0. The van der Waals surface area contributed by atoms with Crippen LogP contribution in [-0.2, 0) is 4.74 Å². The summed E-state index contributed by atoms with van der Waals surface area (Å²) in [6, 6.07) is 6.41. The van der Waals surface area contributed by atoms with Gasteiger partial charge >= 0.3 is 5.97 Å². The van der Waals surface area contributed by atoms with E-state index in [4.69, 9.17) is 4.74 Å². The van der Waals surface area contributed by atoms with Crippen LogP contribution in [0.5, 0.6) is 0 Å². The van der Waals surface area contributed by atoms with Crippen molar-refractivity contribution in [1.29, 1.82) is 0 Å². The lowest BCUT2D eigenvalue weighted by atomic mass is 10.1. The van der Waals surface area contributed by atoms with Crippen LogP contribution in [0, 0.1) is 0 Å². The van der Waals surface area contributed by atoms with Crippen molar-refractivity contribution in [3.05, 3.63) is 33.8 Å². The second kappa shape index (κ2) is 5.01. The molecule has 5 aromatic rings. The van der Waals surface area contributed by atoms with Gasteiger partial charge in [-0.3, -0.25) is 0 Å². The first-order chi connectivity index (χ1) is 11.3. The normalized spacial score (nSPS) is 12.0. The molecule has 2 nitrogen and oxygen atoms in total. The van der Waals surface area contributed by atoms with E-state index < -0.39 is 0 Å². The standard InChI is InChI=1S/C17H10O2S4/c1-2-19-17(18)11-7-10-16(23-11)12-8-3-5-20-14(8)15-9(4-6-21-15)13(12)22-10/h3-7H,2H2,1H3. The number of hydrogen-bond acceptors (Lipinski definition) is 6. The van der Waals surface area contributed by atoms with Crippen LogP contribution in [0.25, 0.3) is 39.7 Å². The maximum atomic E-state index is 12.0. The van der Waals surface area contributed by atoms with Gasteiger partial charge in [0.25, 0.3) is 0 Å². The van der Waals surface area contributed by atoms with Gasteiger partial charge in [0.05, 0.1) is 20.7 Å². The lowest BCUT2D eigenvalue weighted by Gasteiger charge is -1.99. The molecule has 0 aliphatic carbocycles. The lowest BCUT2D eigenvalue weighted by molar-refractivity contribution is 0.0532. The van der Waals surface area contributed by atoms with Gasteiger partial charge in [-0.1, -0.05) is 0 Å². The molecule has 0 aliphatic heterocycles. The number of rotatable bonds is 2. The maximum absolute atomic E-state index is 12.0. The highest BCUT2D eigenvalue weighted by molar-refractivity contribution is 7.35. The SMILES string of the molecule is CCOC(=O)c1cc2sc3c4ccsc4c4sccc4c3c2s1. The Morgan fingerprint density at radius 2 is 1.74 bits per heavy atom. The zero-order valence-electron chi connectivity index (χ0n) is 12.0. The van der Waals surface area contributed by atoms with E-state index in [-0.39, 0.29) is 5.97 Å². The Kier molecular flexibility index (Phi) is 3.03. The molecular formula is C17H10O2S4. The van der Waals surface area contributed by atoms with Gasteiger partial charge in [-0.25, -0.2) is 4.79 Å². The van der Waals surface area contributed by atoms with Crippen molar-refractivity contribution in [3.63, 3.8) is 0 Å². The molecule has 0 saturated heterocycles. The molecule has 0 aliphatic rings. The van der Waals surface area contributed by atoms with Crippen LogP contribution in [0.1, 0.15) is 16.6 Å². The first kappa shape index (κ1) is 13.9. The molecule has 0 radical (unpaired) electrons. The van der Waals surface area contributed by atoms with Gasteiger partial charge in [-0.2, -0.15) is 0 Å². The monoisotopic (exact) mass is 374 g/mol. The van der Waals surface area contributed by atoms with Gasteiger partial charge in [0.15, 0.2) is 0 Å². The summed E-state index contributed by atoms with van der Waals surface area (Å²) in [7, 11) is 0. The van der Waals surface area contributed by atoms with Gasteiger partial charge in [-0.15, -0.1) is 45.3 Å². The quantitative estimate of drug-likeness (QED) is 0.320. The molecule has 4 heterocycles. The Bertz CT molecular complexity index is 1200. The number of esters is 1. The predicted octanol–water partition coefficient (Wildman–Crippen LogP) is 6.72. The van der Waals surface area contributed by atoms with E-state index in [0.717, 1.165) is 0 Å². The minimum Gasteiger partial charge on any atom is -0.462 e. The van der Waals surface area contributed by atoms with Crippen LogP contribution >= 0.6 is 45.3 Å². The fraction of sp³-hybridized carbons (Fsp3) is 0.118. The summed E-state index contributed by atoms with van der Waals surface area (Å²) >= 11 is 6.95. The third kappa shape index (κ3) is 1.86. The summed E-state index contributed by atoms with van der Waals surface area (Å²) in [5.74, 6) is -0.216. The maximum Gasteiger partial charge on any atom is 0.348 e. The topological polar surface area (TPSA) is 26.3 Å². The van der Waals surface area contributed by atoms with E-state index in [1.54, 1.807) is 34.0 Å². The third-order valence-corrected chi connectivity index (χ3v) is 8.32. The summed E-state index contributed by atoms with van der Waals surface area (Å²) in [6.45, 7) is 2.25. The molecule has 0 amide bonds. The predicted molar refractivity (Wildman–Crippen MR) is 104 cm³/mol. The first-order valence-corrected chi connectivity index (χ1v) is 10.6. The Morgan fingerprint density at radius 1 is 1.00 bits per heavy atom. The van der Waals surface area contributed by atoms with Crippen molar-refractivity contribution in [2.45, 2.75) is 6.92 Å². The molecule has 6 heteroatoms. The fourth-order valence-corrected chi connectivity index (χ4v) is 7.62. The van der Waals surface area contributed by atoms with Crippen LogP contribution < -0.4 is 0 Å². The fourth-order valence-electron chi connectivity index (χ4n) is 2.97. The molecule has 0 atom stereocenters. The zero-order chi connectivity index (χ0) is 15.6. The molecule has 23 heavy (non-hydrogen) atoms. The van der Waals surface area contributed by atoms with Gasteiger partial charge < -0.3 is 4.74 Å². The summed E-state index contributed by atoms with van der Waals surface area (Å²) in [5.41, 5.74) is 0. The van der Waals surface area contributed by atoms with E-state index in [2.05, 4.69) is 22.9 Å². The second-order valence-corrected chi connectivity index (χ2v) is 9.09. The number of benzene rings is 1. The highest BCUT2D eigenvalue weighted by Crippen LogP contribution is 2.49. The average molecular weight is 375 g/mol. The number of fused-ring (bicyclic) bond motifs is 8. The van der Waals surface area contributed by atoms with Gasteiger partial charge in [-0.05, 0) is 35.9 Å². The number of carbonyl (C=O) groups excluding carboxylic acids is 1. The lowest BCUT2D eigenvalue weighted by Crippen LogP contribution is -2.01. The summed E-state index contributed by atoms with van der Waals surface area (Å²) < 4.78 is 11.6. The molecule has 0 bridgehead atoms. The number of carbonyl (C=O) groups is 1. The van der Waals surface area contributed by atoms with Crippen molar-refractivity contribution in [1.82, 2.24) is 0 Å². The van der Waals surface area contributed by atoms with Crippen molar-refractivity contribution in [2.24, 2.45) is 0 Å². The zero-order valence-corrected chi connectivity index (χ0v) is 15.3. The van der Waals surface area contributed by atoms with Crippen LogP contribution in [0.15, 0.2) is 29.0 Å². The molecule has 114 valence electrons. The number of ether oxygens (including phenoxy) is 1. The van der Waals surface area contributed by atoms with Gasteiger partial charge in [0.1, 0.15) is 4.88 Å². The Labute approximate surface area is 147 Å². The minimum absolute atomic E-state index is 0.216. The van der Waals surface area contributed by atoms with E-state index in [9.17, 15) is 4.79 Å². The van der Waals surface area contributed by atoms with E-state index in [0.29, 0.717) is 11.5 Å². The highest BCUT2D eigenvalue weighted by atomic mass is 32.1. The molecule has 4 aromatic heterocycles. The van der Waals surface area contributed by atoms with E-state index >= 15 is 0 Å². The van der Waals surface area contributed by atoms with Crippen molar-refractivity contribution >= 4 is 91.0 Å². The smallest absolute Gasteiger partial charge is 0.348 e. The van der Waals surface area contributed by atoms with Gasteiger partial charge in [0, 0.05) is 25.6 Å². The highest BCUT2D eigenvalue weighted by Gasteiger charge is 2.19. The van der Waals surface area contributed by atoms with Crippen LogP contribution in [-0.4, -0.2) is 12.6 Å². The summed E-state index contributed by atoms with van der Waals surface area (Å²) in [4.78, 5) is 12.7. The Hall–Kier alpha value is -1.47. The molecule has 0 saturated carbocycles. The number of thiophene rings is 4.